The minimum Gasteiger partial charge on any atom is -0.370 e. The number of hydrogen-bond donors (Lipinski definition) is 2. The number of amides is 1. The van der Waals surface area contributed by atoms with Crippen molar-refractivity contribution in [2.75, 3.05) is 0 Å². The lowest BCUT2D eigenvalue weighted by atomic mass is 10.0. The molecule has 1 amide bonds. The standard InChI is InChI=1S/C10H18N2O2/c1-6(2)10(14)8(5-9(11)13)12-7(3)4/h7-8,12H,1,5H2,2-4H3,(H2,11,13). The zero-order valence-electron chi connectivity index (χ0n) is 8.96. The predicted molar refractivity (Wildman–Crippen MR) is 55.7 cm³/mol. The first kappa shape index (κ1) is 12.8. The van der Waals surface area contributed by atoms with Crippen LogP contribution in [0.1, 0.15) is 27.2 Å². The van der Waals surface area contributed by atoms with Crippen LogP contribution in [0.15, 0.2) is 12.2 Å². The molecule has 0 saturated carbocycles. The number of carbonyl (C=O) groups is 2. The lowest BCUT2D eigenvalue weighted by molar-refractivity contribution is -0.123. The Balaban J connectivity index is 4.46. The topological polar surface area (TPSA) is 72.2 Å². The number of primary amides is 1. The van der Waals surface area contributed by atoms with Gasteiger partial charge in [0.15, 0.2) is 5.78 Å². The van der Waals surface area contributed by atoms with Crippen molar-refractivity contribution in [2.24, 2.45) is 5.73 Å². The van der Waals surface area contributed by atoms with Crippen molar-refractivity contribution < 1.29 is 9.59 Å². The van der Waals surface area contributed by atoms with Crippen molar-refractivity contribution in [3.8, 4) is 0 Å². The molecule has 14 heavy (non-hydrogen) atoms. The molecule has 0 heterocycles. The maximum atomic E-state index is 11.5. The summed E-state index contributed by atoms with van der Waals surface area (Å²) in [5, 5.41) is 2.98. The molecule has 1 unspecified atom stereocenters. The summed E-state index contributed by atoms with van der Waals surface area (Å²) >= 11 is 0. The molecule has 1 atom stereocenters. The van der Waals surface area contributed by atoms with E-state index in [0.717, 1.165) is 0 Å². The molecule has 0 aliphatic rings. The van der Waals surface area contributed by atoms with Crippen molar-refractivity contribution in [2.45, 2.75) is 39.3 Å². The lowest BCUT2D eigenvalue weighted by Crippen LogP contribution is -2.43. The summed E-state index contributed by atoms with van der Waals surface area (Å²) in [5.41, 5.74) is 5.48. The highest BCUT2D eigenvalue weighted by Gasteiger charge is 2.21. The molecule has 0 saturated heterocycles. The zero-order valence-corrected chi connectivity index (χ0v) is 8.96. The third-order valence-electron chi connectivity index (χ3n) is 1.68. The SMILES string of the molecule is C=C(C)C(=O)C(CC(N)=O)NC(C)C. The number of nitrogens with two attached hydrogens (primary N) is 1. The van der Waals surface area contributed by atoms with Crippen molar-refractivity contribution in [1.82, 2.24) is 5.32 Å². The maximum absolute atomic E-state index is 11.5. The fourth-order valence-electron chi connectivity index (χ4n) is 1.13. The number of carbonyl (C=O) groups excluding carboxylic acids is 2. The van der Waals surface area contributed by atoms with E-state index < -0.39 is 11.9 Å². The van der Waals surface area contributed by atoms with Gasteiger partial charge in [0.05, 0.1) is 6.04 Å². The highest BCUT2D eigenvalue weighted by Crippen LogP contribution is 2.02. The highest BCUT2D eigenvalue weighted by atomic mass is 16.1. The third kappa shape index (κ3) is 4.77. The van der Waals surface area contributed by atoms with Gasteiger partial charge < -0.3 is 11.1 Å². The second kappa shape index (κ2) is 5.54. The Morgan fingerprint density at radius 1 is 1.43 bits per heavy atom. The van der Waals surface area contributed by atoms with Gasteiger partial charge in [-0.1, -0.05) is 20.4 Å². The minimum atomic E-state index is -0.537. The van der Waals surface area contributed by atoms with E-state index in [1.165, 1.54) is 0 Å². The molecule has 0 fully saturated rings. The molecule has 4 nitrogen and oxygen atoms in total. The van der Waals surface area contributed by atoms with E-state index in [9.17, 15) is 9.59 Å². The Bertz CT molecular complexity index is 247. The van der Waals surface area contributed by atoms with Crippen molar-refractivity contribution in [3.05, 3.63) is 12.2 Å². The summed E-state index contributed by atoms with van der Waals surface area (Å²) in [4.78, 5) is 22.3. The van der Waals surface area contributed by atoms with Crippen LogP contribution in [0.25, 0.3) is 0 Å². The average Bonchev–Trinajstić information content (AvgIpc) is 1.99. The average molecular weight is 198 g/mol. The quantitative estimate of drug-likeness (QED) is 0.606. The molecule has 80 valence electrons. The monoisotopic (exact) mass is 198 g/mol. The number of Topliss-reactive ketones (excluding diaryl/α,β-unsaturated/α-hetero) is 1. The molecule has 0 bridgehead atoms. The zero-order chi connectivity index (χ0) is 11.3. The van der Waals surface area contributed by atoms with Crippen LogP contribution in [0.5, 0.6) is 0 Å². The maximum Gasteiger partial charge on any atom is 0.219 e. The van der Waals surface area contributed by atoms with Gasteiger partial charge in [-0.05, 0) is 12.5 Å². The first-order valence-corrected chi connectivity index (χ1v) is 4.58. The summed E-state index contributed by atoms with van der Waals surface area (Å²) in [5.74, 6) is -0.643. The summed E-state index contributed by atoms with van der Waals surface area (Å²) < 4.78 is 0. The van der Waals surface area contributed by atoms with E-state index in [2.05, 4.69) is 11.9 Å². The van der Waals surface area contributed by atoms with Crippen molar-refractivity contribution in [3.63, 3.8) is 0 Å². The van der Waals surface area contributed by atoms with E-state index in [1.54, 1.807) is 6.92 Å². The number of nitrogens with one attached hydrogen (secondary N) is 1. The van der Waals surface area contributed by atoms with Gasteiger partial charge in [-0.2, -0.15) is 0 Å². The van der Waals surface area contributed by atoms with E-state index >= 15 is 0 Å². The molecule has 0 aromatic carbocycles. The highest BCUT2D eigenvalue weighted by molar-refractivity contribution is 6.00. The normalized spacial score (nSPS) is 12.6. The van der Waals surface area contributed by atoms with E-state index in [0.29, 0.717) is 5.57 Å². The van der Waals surface area contributed by atoms with Crippen LogP contribution < -0.4 is 11.1 Å². The molecule has 0 radical (unpaired) electrons. The number of hydrogen-bond acceptors (Lipinski definition) is 3. The van der Waals surface area contributed by atoms with Crippen LogP contribution in [0.2, 0.25) is 0 Å². The fraction of sp³-hybridized carbons (Fsp3) is 0.600. The van der Waals surface area contributed by atoms with Crippen LogP contribution in [0, 0.1) is 0 Å². The van der Waals surface area contributed by atoms with Crippen LogP contribution in [-0.4, -0.2) is 23.8 Å². The van der Waals surface area contributed by atoms with Gasteiger partial charge >= 0.3 is 0 Å². The molecule has 0 rings (SSSR count). The smallest absolute Gasteiger partial charge is 0.219 e. The van der Waals surface area contributed by atoms with E-state index in [1.807, 2.05) is 13.8 Å². The second-order valence-electron chi connectivity index (χ2n) is 3.69. The molecule has 3 N–H and O–H groups in total. The Morgan fingerprint density at radius 2 is 1.93 bits per heavy atom. The minimum absolute atomic E-state index is 0.0177. The van der Waals surface area contributed by atoms with Gasteiger partial charge in [0, 0.05) is 12.5 Å². The van der Waals surface area contributed by atoms with Crippen LogP contribution >= 0.6 is 0 Å². The molecule has 0 aliphatic heterocycles. The van der Waals surface area contributed by atoms with Gasteiger partial charge in [0.2, 0.25) is 5.91 Å². The van der Waals surface area contributed by atoms with Gasteiger partial charge in [0.25, 0.3) is 0 Å². The van der Waals surface area contributed by atoms with Gasteiger partial charge in [0.1, 0.15) is 0 Å². The molecule has 0 aromatic heterocycles. The van der Waals surface area contributed by atoms with Gasteiger partial charge in [-0.25, -0.2) is 0 Å². The molecule has 0 aromatic rings. The number of ketones is 1. The van der Waals surface area contributed by atoms with Gasteiger partial charge in [-0.15, -0.1) is 0 Å². The summed E-state index contributed by atoms with van der Waals surface area (Å²) in [7, 11) is 0. The summed E-state index contributed by atoms with van der Waals surface area (Å²) in [6.07, 6.45) is 0.0177. The largest absolute Gasteiger partial charge is 0.370 e. The summed E-state index contributed by atoms with van der Waals surface area (Å²) in [6.45, 7) is 8.98. The van der Waals surface area contributed by atoms with Crippen molar-refractivity contribution in [1.29, 1.82) is 0 Å². The van der Waals surface area contributed by atoms with Crippen LogP contribution in [-0.2, 0) is 9.59 Å². The Kier molecular flexibility index (Phi) is 5.09. The summed E-state index contributed by atoms with van der Waals surface area (Å²) in [6, 6.07) is -0.410. The third-order valence-corrected chi connectivity index (χ3v) is 1.68. The van der Waals surface area contributed by atoms with Crippen molar-refractivity contribution >= 4 is 11.7 Å². The Morgan fingerprint density at radius 3 is 2.21 bits per heavy atom. The second-order valence-corrected chi connectivity index (χ2v) is 3.69. The predicted octanol–water partition coefficient (Wildman–Crippen LogP) is 0.374. The van der Waals surface area contributed by atoms with E-state index in [-0.39, 0.29) is 18.2 Å². The molecule has 0 spiro atoms. The first-order valence-electron chi connectivity index (χ1n) is 4.58. The molecular formula is C10H18N2O2. The van der Waals surface area contributed by atoms with E-state index in [4.69, 9.17) is 5.73 Å². The molecule has 0 aliphatic carbocycles. The lowest BCUT2D eigenvalue weighted by Gasteiger charge is -2.18. The van der Waals surface area contributed by atoms with Gasteiger partial charge in [-0.3, -0.25) is 9.59 Å². The Labute approximate surface area is 84.5 Å². The first-order chi connectivity index (χ1) is 6.34. The molecular weight excluding hydrogens is 180 g/mol. The number of rotatable bonds is 6. The Hall–Kier alpha value is -1.16. The fourth-order valence-corrected chi connectivity index (χ4v) is 1.13. The van der Waals surface area contributed by atoms with Crippen LogP contribution in [0.3, 0.4) is 0 Å². The van der Waals surface area contributed by atoms with Crippen LogP contribution in [0.4, 0.5) is 0 Å². The molecule has 4 heteroatoms.